The van der Waals surface area contributed by atoms with Crippen LogP contribution in [-0.4, -0.2) is 24.5 Å². The van der Waals surface area contributed by atoms with E-state index in [1.54, 1.807) is 0 Å². The second-order valence-corrected chi connectivity index (χ2v) is 7.86. The minimum absolute atomic E-state index is 0. The first kappa shape index (κ1) is 15.6. The van der Waals surface area contributed by atoms with Crippen molar-refractivity contribution in [2.24, 2.45) is 23.7 Å². The number of carbonyl (C=O) groups is 1. The fraction of sp³-hybridized carbons (Fsp3) is 0.941. The summed E-state index contributed by atoms with van der Waals surface area (Å²) in [6, 6.07) is 1.12. The largest absolute Gasteiger partial charge is 0.353 e. The molecule has 5 aliphatic rings. The molecule has 0 spiro atoms. The van der Waals surface area contributed by atoms with E-state index >= 15 is 0 Å². The molecule has 3 nitrogen and oxygen atoms in total. The molecule has 4 bridgehead atoms. The summed E-state index contributed by atoms with van der Waals surface area (Å²) in [7, 11) is 0. The van der Waals surface area contributed by atoms with Crippen LogP contribution >= 0.6 is 12.4 Å². The topological polar surface area (TPSA) is 41.1 Å². The van der Waals surface area contributed by atoms with Gasteiger partial charge in [0.25, 0.3) is 0 Å². The van der Waals surface area contributed by atoms with E-state index < -0.39 is 0 Å². The molecule has 5 fully saturated rings. The summed E-state index contributed by atoms with van der Waals surface area (Å²) in [4.78, 5) is 12.3. The normalized spacial score (nSPS) is 43.6. The Balaban J connectivity index is 0.00000132. The van der Waals surface area contributed by atoms with Crippen LogP contribution in [-0.2, 0) is 4.79 Å². The number of rotatable bonds is 4. The third-order valence-corrected chi connectivity index (χ3v) is 6.44. The highest BCUT2D eigenvalue weighted by atomic mass is 35.5. The van der Waals surface area contributed by atoms with Crippen LogP contribution in [0.15, 0.2) is 0 Å². The van der Waals surface area contributed by atoms with Gasteiger partial charge in [0.1, 0.15) is 0 Å². The lowest BCUT2D eigenvalue weighted by atomic mass is 9.54. The van der Waals surface area contributed by atoms with E-state index in [1.807, 2.05) is 0 Å². The lowest BCUT2D eigenvalue weighted by molar-refractivity contribution is -0.125. The summed E-state index contributed by atoms with van der Waals surface area (Å²) in [5.74, 6) is 3.91. The quantitative estimate of drug-likeness (QED) is 0.838. The van der Waals surface area contributed by atoms with Gasteiger partial charge in [-0.15, -0.1) is 12.4 Å². The molecule has 4 heteroatoms. The van der Waals surface area contributed by atoms with Crippen LogP contribution in [0.3, 0.4) is 0 Å². The maximum Gasteiger partial charge on any atom is 0.220 e. The van der Waals surface area contributed by atoms with Gasteiger partial charge in [-0.25, -0.2) is 0 Å². The maximum absolute atomic E-state index is 12.3. The first-order valence-corrected chi connectivity index (χ1v) is 8.80. The van der Waals surface area contributed by atoms with Crippen molar-refractivity contribution in [2.75, 3.05) is 6.54 Å². The second-order valence-electron chi connectivity index (χ2n) is 7.86. The van der Waals surface area contributed by atoms with Crippen LogP contribution in [0.5, 0.6) is 0 Å². The minimum Gasteiger partial charge on any atom is -0.353 e. The molecule has 1 unspecified atom stereocenters. The Morgan fingerprint density at radius 3 is 2.29 bits per heavy atom. The predicted molar refractivity (Wildman–Crippen MR) is 86.5 cm³/mol. The van der Waals surface area contributed by atoms with Crippen LogP contribution < -0.4 is 10.6 Å². The van der Waals surface area contributed by atoms with Crippen LogP contribution in [0.4, 0.5) is 0 Å². The molecule has 4 aliphatic carbocycles. The molecule has 1 amide bonds. The van der Waals surface area contributed by atoms with Gasteiger partial charge < -0.3 is 10.6 Å². The molecule has 5 rings (SSSR count). The molecule has 0 aromatic carbocycles. The SMILES string of the molecule is Cl.O=C(CCC1CCCN1)NC1C2CC3CC(C2)CC1C3. The van der Waals surface area contributed by atoms with Crippen molar-refractivity contribution < 1.29 is 4.79 Å². The standard InChI is InChI=1S/C17H28N2O.ClH/c20-16(4-3-15-2-1-5-18-15)19-17-13-7-11-6-12(9-13)10-14(17)8-11;/h11-15,17-18H,1-10H2,(H,19,20);1H. The lowest BCUT2D eigenvalue weighted by Gasteiger charge is -2.54. The van der Waals surface area contributed by atoms with E-state index in [0.717, 1.165) is 43.1 Å². The summed E-state index contributed by atoms with van der Waals surface area (Å²) in [5.41, 5.74) is 0. The maximum atomic E-state index is 12.3. The van der Waals surface area contributed by atoms with Crippen LogP contribution in [0.2, 0.25) is 0 Å². The zero-order valence-electron chi connectivity index (χ0n) is 12.9. The van der Waals surface area contributed by atoms with Gasteiger partial charge in [-0.2, -0.15) is 0 Å². The molecule has 0 radical (unpaired) electrons. The first-order chi connectivity index (χ1) is 9.78. The minimum atomic E-state index is 0. The molecule has 4 saturated carbocycles. The van der Waals surface area contributed by atoms with Gasteiger partial charge in [-0.1, -0.05) is 0 Å². The monoisotopic (exact) mass is 312 g/mol. The Morgan fingerprint density at radius 2 is 1.71 bits per heavy atom. The summed E-state index contributed by atoms with van der Waals surface area (Å²) in [6.07, 6.45) is 11.3. The Bertz CT molecular complexity index is 353. The Labute approximate surface area is 134 Å². The molecule has 2 N–H and O–H groups in total. The molecule has 1 atom stereocenters. The fourth-order valence-electron chi connectivity index (χ4n) is 5.73. The van der Waals surface area contributed by atoms with Gasteiger partial charge >= 0.3 is 0 Å². The fourth-order valence-corrected chi connectivity index (χ4v) is 5.73. The van der Waals surface area contributed by atoms with Crippen molar-refractivity contribution in [3.63, 3.8) is 0 Å². The van der Waals surface area contributed by atoms with Gasteiger partial charge in [0.15, 0.2) is 0 Å². The lowest BCUT2D eigenvalue weighted by Crippen LogP contribution is -2.55. The number of hydrogen-bond donors (Lipinski definition) is 2. The Hall–Kier alpha value is -0.280. The van der Waals surface area contributed by atoms with Gasteiger partial charge in [0.2, 0.25) is 5.91 Å². The highest BCUT2D eigenvalue weighted by Crippen LogP contribution is 2.53. The van der Waals surface area contributed by atoms with Crippen LogP contribution in [0.25, 0.3) is 0 Å². The van der Waals surface area contributed by atoms with Gasteiger partial charge in [-0.05, 0) is 81.6 Å². The van der Waals surface area contributed by atoms with E-state index in [-0.39, 0.29) is 12.4 Å². The van der Waals surface area contributed by atoms with Gasteiger partial charge in [-0.3, -0.25) is 4.79 Å². The molecule has 1 saturated heterocycles. The first-order valence-electron chi connectivity index (χ1n) is 8.80. The number of carbonyl (C=O) groups excluding carboxylic acids is 1. The smallest absolute Gasteiger partial charge is 0.220 e. The summed E-state index contributed by atoms with van der Waals surface area (Å²) >= 11 is 0. The average molecular weight is 313 g/mol. The van der Waals surface area contributed by atoms with Crippen LogP contribution in [0.1, 0.15) is 57.8 Å². The highest BCUT2D eigenvalue weighted by molar-refractivity contribution is 5.85. The molecule has 0 aromatic heterocycles. The van der Waals surface area contributed by atoms with Crippen molar-refractivity contribution in [1.82, 2.24) is 10.6 Å². The molecule has 120 valence electrons. The van der Waals surface area contributed by atoms with E-state index in [1.165, 1.54) is 44.9 Å². The van der Waals surface area contributed by atoms with E-state index in [2.05, 4.69) is 10.6 Å². The molecule has 1 aliphatic heterocycles. The zero-order chi connectivity index (χ0) is 13.5. The zero-order valence-corrected chi connectivity index (χ0v) is 13.7. The molecule has 21 heavy (non-hydrogen) atoms. The molecule has 1 heterocycles. The Morgan fingerprint density at radius 1 is 1.05 bits per heavy atom. The van der Waals surface area contributed by atoms with Crippen LogP contribution in [0, 0.1) is 23.7 Å². The summed E-state index contributed by atoms with van der Waals surface area (Å²) < 4.78 is 0. The highest BCUT2D eigenvalue weighted by Gasteiger charge is 2.48. The van der Waals surface area contributed by atoms with E-state index in [0.29, 0.717) is 18.0 Å². The van der Waals surface area contributed by atoms with Crippen molar-refractivity contribution in [3.8, 4) is 0 Å². The van der Waals surface area contributed by atoms with E-state index in [9.17, 15) is 4.79 Å². The number of amides is 1. The summed E-state index contributed by atoms with van der Waals surface area (Å²) in [5, 5.41) is 6.91. The number of halogens is 1. The van der Waals surface area contributed by atoms with Crippen molar-refractivity contribution in [1.29, 1.82) is 0 Å². The third kappa shape index (κ3) is 3.24. The van der Waals surface area contributed by atoms with Crippen molar-refractivity contribution in [3.05, 3.63) is 0 Å². The van der Waals surface area contributed by atoms with Crippen molar-refractivity contribution in [2.45, 2.75) is 69.9 Å². The molecular weight excluding hydrogens is 284 g/mol. The molecule has 0 aromatic rings. The summed E-state index contributed by atoms with van der Waals surface area (Å²) in [6.45, 7) is 1.14. The molecular formula is C17H29ClN2O. The number of hydrogen-bond acceptors (Lipinski definition) is 2. The number of nitrogens with one attached hydrogen (secondary N) is 2. The average Bonchev–Trinajstić information content (AvgIpc) is 2.93. The second kappa shape index (κ2) is 6.45. The third-order valence-electron chi connectivity index (χ3n) is 6.44. The van der Waals surface area contributed by atoms with E-state index in [4.69, 9.17) is 0 Å². The Kier molecular flexibility index (Phi) is 4.80. The van der Waals surface area contributed by atoms with Gasteiger partial charge in [0, 0.05) is 18.5 Å². The predicted octanol–water partition coefficient (Wildman–Crippen LogP) is 2.88. The van der Waals surface area contributed by atoms with Gasteiger partial charge in [0.05, 0.1) is 0 Å². The van der Waals surface area contributed by atoms with Crippen molar-refractivity contribution >= 4 is 18.3 Å².